The van der Waals surface area contributed by atoms with Crippen molar-refractivity contribution in [2.45, 2.75) is 36.9 Å². The monoisotopic (exact) mass is 495 g/mol. The number of nitrogens with one attached hydrogen (secondary N) is 1. The lowest BCUT2D eigenvalue weighted by atomic mass is 10.2. The SMILES string of the molecule is C[C@H](Sc1nc2cc(Cl)ccc2c(=O)n1C[C@@H](C)O)C(=O)Nc1cccc(Br)c1. The van der Waals surface area contributed by atoms with Gasteiger partial charge >= 0.3 is 0 Å². The van der Waals surface area contributed by atoms with E-state index in [1.807, 2.05) is 12.1 Å². The highest BCUT2D eigenvalue weighted by atomic mass is 79.9. The fourth-order valence-electron chi connectivity index (χ4n) is 2.71. The number of thioether (sulfide) groups is 1. The first-order valence-corrected chi connectivity index (χ1v) is 10.9. The Hall–Kier alpha value is -1.87. The zero-order chi connectivity index (χ0) is 21.1. The van der Waals surface area contributed by atoms with Crippen LogP contribution in [0.15, 0.2) is 56.9 Å². The lowest BCUT2D eigenvalue weighted by molar-refractivity contribution is -0.115. The molecule has 0 radical (unpaired) electrons. The van der Waals surface area contributed by atoms with E-state index in [9.17, 15) is 14.7 Å². The van der Waals surface area contributed by atoms with Crippen molar-refractivity contribution < 1.29 is 9.90 Å². The molecule has 0 spiro atoms. The van der Waals surface area contributed by atoms with Crippen LogP contribution >= 0.6 is 39.3 Å². The third-order valence-electron chi connectivity index (χ3n) is 4.07. The number of rotatable bonds is 6. The summed E-state index contributed by atoms with van der Waals surface area (Å²) in [6.07, 6.45) is -0.746. The molecule has 0 fully saturated rings. The first kappa shape index (κ1) is 21.8. The minimum Gasteiger partial charge on any atom is -0.392 e. The van der Waals surface area contributed by atoms with E-state index in [-0.39, 0.29) is 18.0 Å². The Kier molecular flexibility index (Phi) is 7.00. The van der Waals surface area contributed by atoms with Crippen molar-refractivity contribution in [2.24, 2.45) is 0 Å². The standard InChI is InChI=1S/C20H19BrClN3O3S/c1-11(26)10-25-19(28)16-7-6-14(22)9-17(16)24-20(25)29-12(2)18(27)23-15-5-3-4-13(21)8-15/h3-9,11-12,26H,10H2,1-2H3,(H,23,27)/t11-,12+/m1/s1. The summed E-state index contributed by atoms with van der Waals surface area (Å²) in [6, 6.07) is 12.1. The van der Waals surface area contributed by atoms with E-state index >= 15 is 0 Å². The van der Waals surface area contributed by atoms with Gasteiger partial charge in [0.05, 0.1) is 28.8 Å². The number of amides is 1. The Morgan fingerprint density at radius 1 is 1.31 bits per heavy atom. The number of carbonyl (C=O) groups is 1. The summed E-state index contributed by atoms with van der Waals surface area (Å²) < 4.78 is 2.25. The smallest absolute Gasteiger partial charge is 0.262 e. The van der Waals surface area contributed by atoms with Crippen LogP contribution in [0.4, 0.5) is 5.69 Å². The number of hydrogen-bond donors (Lipinski definition) is 2. The number of aliphatic hydroxyl groups is 1. The van der Waals surface area contributed by atoms with Crippen LogP contribution in [-0.2, 0) is 11.3 Å². The van der Waals surface area contributed by atoms with Gasteiger partial charge in [-0.3, -0.25) is 14.2 Å². The zero-order valence-electron chi connectivity index (χ0n) is 15.7. The van der Waals surface area contributed by atoms with E-state index in [1.54, 1.807) is 44.2 Å². The molecule has 29 heavy (non-hydrogen) atoms. The average molecular weight is 497 g/mol. The number of fused-ring (bicyclic) bond motifs is 1. The Bertz CT molecular complexity index is 1120. The number of aliphatic hydroxyl groups excluding tert-OH is 1. The topological polar surface area (TPSA) is 84.2 Å². The number of hydrogen-bond acceptors (Lipinski definition) is 5. The van der Waals surface area contributed by atoms with Gasteiger partial charge < -0.3 is 10.4 Å². The number of aromatic nitrogens is 2. The highest BCUT2D eigenvalue weighted by Gasteiger charge is 2.20. The van der Waals surface area contributed by atoms with Crippen molar-refractivity contribution in [1.29, 1.82) is 0 Å². The lowest BCUT2D eigenvalue weighted by Gasteiger charge is -2.17. The van der Waals surface area contributed by atoms with Crippen LogP contribution in [0.5, 0.6) is 0 Å². The molecular weight excluding hydrogens is 478 g/mol. The highest BCUT2D eigenvalue weighted by Crippen LogP contribution is 2.25. The highest BCUT2D eigenvalue weighted by molar-refractivity contribution is 9.10. The van der Waals surface area contributed by atoms with E-state index in [2.05, 4.69) is 26.2 Å². The van der Waals surface area contributed by atoms with Crippen molar-refractivity contribution in [3.63, 3.8) is 0 Å². The first-order chi connectivity index (χ1) is 13.7. The predicted molar refractivity (Wildman–Crippen MR) is 121 cm³/mol. The number of anilines is 1. The van der Waals surface area contributed by atoms with E-state index in [1.165, 1.54) is 4.57 Å². The summed E-state index contributed by atoms with van der Waals surface area (Å²) >= 11 is 10.6. The van der Waals surface area contributed by atoms with E-state index in [0.29, 0.717) is 26.8 Å². The Labute approximate surface area is 185 Å². The minimum absolute atomic E-state index is 0.0761. The number of benzene rings is 2. The van der Waals surface area contributed by atoms with Crippen molar-refractivity contribution >= 4 is 61.8 Å². The normalized spacial score (nSPS) is 13.3. The van der Waals surface area contributed by atoms with Gasteiger partial charge in [0.15, 0.2) is 5.16 Å². The van der Waals surface area contributed by atoms with Crippen molar-refractivity contribution in [3.8, 4) is 0 Å². The summed E-state index contributed by atoms with van der Waals surface area (Å²) in [7, 11) is 0. The molecule has 0 aliphatic heterocycles. The van der Waals surface area contributed by atoms with Crippen LogP contribution in [0.2, 0.25) is 5.02 Å². The summed E-state index contributed by atoms with van der Waals surface area (Å²) in [5.74, 6) is -0.225. The zero-order valence-corrected chi connectivity index (χ0v) is 18.9. The van der Waals surface area contributed by atoms with Crippen molar-refractivity contribution in [2.75, 3.05) is 5.32 Å². The molecule has 0 bridgehead atoms. The molecule has 0 unspecified atom stereocenters. The molecule has 2 aromatic carbocycles. The van der Waals surface area contributed by atoms with Gasteiger partial charge in [-0.05, 0) is 50.2 Å². The second-order valence-electron chi connectivity index (χ2n) is 6.58. The van der Waals surface area contributed by atoms with E-state index in [4.69, 9.17) is 11.6 Å². The third kappa shape index (κ3) is 5.39. The Morgan fingerprint density at radius 2 is 2.07 bits per heavy atom. The average Bonchev–Trinajstić information content (AvgIpc) is 2.64. The quantitative estimate of drug-likeness (QED) is 0.392. The molecule has 1 amide bonds. The summed E-state index contributed by atoms with van der Waals surface area (Å²) in [6.45, 7) is 3.40. The molecule has 1 heterocycles. The summed E-state index contributed by atoms with van der Waals surface area (Å²) in [4.78, 5) is 30.1. The van der Waals surface area contributed by atoms with Gasteiger partial charge in [0.2, 0.25) is 5.91 Å². The summed E-state index contributed by atoms with van der Waals surface area (Å²) in [5.41, 5.74) is 0.831. The van der Waals surface area contributed by atoms with Gasteiger partial charge in [0.25, 0.3) is 5.56 Å². The molecule has 0 aliphatic rings. The number of nitrogens with zero attached hydrogens (tertiary/aromatic N) is 2. The largest absolute Gasteiger partial charge is 0.392 e. The Balaban J connectivity index is 1.92. The van der Waals surface area contributed by atoms with E-state index < -0.39 is 11.4 Å². The molecule has 152 valence electrons. The maximum atomic E-state index is 12.9. The van der Waals surface area contributed by atoms with Crippen LogP contribution < -0.4 is 10.9 Å². The van der Waals surface area contributed by atoms with Crippen LogP contribution in [0, 0.1) is 0 Å². The molecule has 2 atom stereocenters. The van der Waals surface area contributed by atoms with Crippen LogP contribution in [0.1, 0.15) is 13.8 Å². The van der Waals surface area contributed by atoms with Gasteiger partial charge in [-0.1, -0.05) is 45.4 Å². The van der Waals surface area contributed by atoms with Gasteiger partial charge in [0.1, 0.15) is 0 Å². The molecule has 0 saturated carbocycles. The maximum absolute atomic E-state index is 12.9. The second-order valence-corrected chi connectivity index (χ2v) is 9.24. The van der Waals surface area contributed by atoms with E-state index in [0.717, 1.165) is 16.2 Å². The number of halogens is 2. The fraction of sp³-hybridized carbons (Fsp3) is 0.250. The first-order valence-electron chi connectivity index (χ1n) is 8.86. The molecule has 0 saturated heterocycles. The fourth-order valence-corrected chi connectivity index (χ4v) is 4.19. The van der Waals surface area contributed by atoms with Crippen LogP contribution in [0.3, 0.4) is 0 Å². The van der Waals surface area contributed by atoms with Gasteiger partial charge in [-0.2, -0.15) is 0 Å². The second kappa shape index (κ2) is 9.30. The molecule has 2 N–H and O–H groups in total. The predicted octanol–water partition coefficient (Wildman–Crippen LogP) is 4.31. The molecule has 1 aromatic heterocycles. The molecule has 0 aliphatic carbocycles. The minimum atomic E-state index is -0.746. The number of carbonyl (C=O) groups excluding carboxylic acids is 1. The van der Waals surface area contributed by atoms with Crippen LogP contribution in [0.25, 0.3) is 10.9 Å². The molecule has 3 rings (SSSR count). The van der Waals surface area contributed by atoms with Crippen molar-refractivity contribution in [1.82, 2.24) is 9.55 Å². The Morgan fingerprint density at radius 3 is 2.76 bits per heavy atom. The van der Waals surface area contributed by atoms with Gasteiger partial charge in [0, 0.05) is 15.2 Å². The van der Waals surface area contributed by atoms with Crippen LogP contribution in [-0.4, -0.2) is 31.9 Å². The third-order valence-corrected chi connectivity index (χ3v) is 5.89. The summed E-state index contributed by atoms with van der Waals surface area (Å²) in [5, 5.41) is 13.4. The van der Waals surface area contributed by atoms with Gasteiger partial charge in [-0.15, -0.1) is 0 Å². The maximum Gasteiger partial charge on any atom is 0.262 e. The lowest BCUT2D eigenvalue weighted by Crippen LogP contribution is -2.29. The van der Waals surface area contributed by atoms with Gasteiger partial charge in [-0.25, -0.2) is 4.98 Å². The molecular formula is C20H19BrClN3O3S. The van der Waals surface area contributed by atoms with Crippen molar-refractivity contribution in [3.05, 3.63) is 62.3 Å². The molecule has 3 aromatic rings. The molecule has 6 nitrogen and oxygen atoms in total. The molecule has 9 heteroatoms.